The fraction of sp³-hybridized carbons (Fsp3) is 0.636. The van der Waals surface area contributed by atoms with Crippen molar-refractivity contribution < 1.29 is 9.53 Å². The summed E-state index contributed by atoms with van der Waals surface area (Å²) in [6.45, 7) is 2.53. The molecule has 0 aliphatic carbocycles. The normalized spacial score (nSPS) is 23.8. The van der Waals surface area contributed by atoms with Crippen LogP contribution in [0.25, 0.3) is 0 Å². The number of methoxy groups -OCH3 is 1. The van der Waals surface area contributed by atoms with Gasteiger partial charge in [-0.25, -0.2) is 0 Å². The predicted molar refractivity (Wildman–Crippen MR) is 63.0 cm³/mol. The van der Waals surface area contributed by atoms with E-state index in [0.717, 1.165) is 18.5 Å². The molecule has 1 aliphatic rings. The van der Waals surface area contributed by atoms with Crippen LogP contribution in [0, 0.1) is 0 Å². The van der Waals surface area contributed by atoms with E-state index in [1.165, 1.54) is 0 Å². The number of amides is 1. The monoisotopic (exact) mass is 225 g/mol. The Balaban J connectivity index is 2.44. The summed E-state index contributed by atoms with van der Waals surface area (Å²) in [4.78, 5) is 15.0. The van der Waals surface area contributed by atoms with Crippen molar-refractivity contribution >= 4 is 12.1 Å². The van der Waals surface area contributed by atoms with E-state index in [1.807, 2.05) is 13.0 Å². The number of hydrogen-bond acceptors (Lipinski definition) is 4. The summed E-state index contributed by atoms with van der Waals surface area (Å²) in [5.41, 5.74) is 5.75. The highest BCUT2D eigenvalue weighted by atomic mass is 16.5. The quantitative estimate of drug-likeness (QED) is 0.693. The van der Waals surface area contributed by atoms with E-state index in [1.54, 1.807) is 13.3 Å². The lowest BCUT2D eigenvalue weighted by Gasteiger charge is -2.31. The molecule has 1 unspecified atom stereocenters. The van der Waals surface area contributed by atoms with Gasteiger partial charge in [-0.15, -0.1) is 0 Å². The Morgan fingerprint density at radius 1 is 1.69 bits per heavy atom. The average Bonchev–Trinajstić information content (AvgIpc) is 2.17. The maximum atomic E-state index is 10.6. The van der Waals surface area contributed by atoms with Crippen molar-refractivity contribution in [3.05, 3.63) is 11.8 Å². The van der Waals surface area contributed by atoms with E-state index in [-0.39, 0.29) is 11.6 Å². The zero-order chi connectivity index (χ0) is 12.0. The Hall–Kier alpha value is -1.36. The number of nitrogens with zero attached hydrogens (tertiary/aromatic N) is 1. The summed E-state index contributed by atoms with van der Waals surface area (Å²) in [6, 6.07) is 0. The maximum absolute atomic E-state index is 10.6. The number of allylic oxidation sites excluding steroid dienone is 1. The van der Waals surface area contributed by atoms with Crippen LogP contribution in [0.2, 0.25) is 0 Å². The third-order valence-electron chi connectivity index (χ3n) is 2.45. The summed E-state index contributed by atoms with van der Waals surface area (Å²) in [5.74, 6) is -0.268. The molecule has 5 heteroatoms. The minimum atomic E-state index is -0.349. The fourth-order valence-electron chi connectivity index (χ4n) is 1.69. The standard InChI is InChI=1S/C11H19N3O2/c1-11(6-3-4-10(12)15)13-7-5-9(14-11)8-16-2/h5,7,14H,3-4,6,8H2,1-2H3,(H2,12,15). The van der Waals surface area contributed by atoms with Crippen molar-refractivity contribution in [1.29, 1.82) is 0 Å². The number of rotatable bonds is 6. The predicted octanol–water partition coefficient (Wildman–Crippen LogP) is 0.563. The lowest BCUT2D eigenvalue weighted by atomic mass is 10.0. The SMILES string of the molecule is COCC1=CC=NC(C)(CCCC(N)=O)N1. The number of nitrogens with two attached hydrogens (primary N) is 1. The van der Waals surface area contributed by atoms with Crippen molar-refractivity contribution in [1.82, 2.24) is 5.32 Å². The minimum Gasteiger partial charge on any atom is -0.378 e. The van der Waals surface area contributed by atoms with Crippen LogP contribution in [0.5, 0.6) is 0 Å². The van der Waals surface area contributed by atoms with Gasteiger partial charge >= 0.3 is 0 Å². The molecule has 1 rings (SSSR count). The molecule has 90 valence electrons. The van der Waals surface area contributed by atoms with Gasteiger partial charge in [0.15, 0.2) is 0 Å². The number of aliphatic imine (C=N–C) groups is 1. The topological polar surface area (TPSA) is 76.7 Å². The lowest BCUT2D eigenvalue weighted by molar-refractivity contribution is -0.118. The van der Waals surface area contributed by atoms with Crippen LogP contribution in [0.3, 0.4) is 0 Å². The van der Waals surface area contributed by atoms with Gasteiger partial charge in [-0.3, -0.25) is 9.79 Å². The van der Waals surface area contributed by atoms with Gasteiger partial charge in [0.05, 0.1) is 6.61 Å². The third kappa shape index (κ3) is 4.02. The Morgan fingerprint density at radius 3 is 3.06 bits per heavy atom. The Labute approximate surface area is 95.8 Å². The highest BCUT2D eigenvalue weighted by Gasteiger charge is 2.24. The van der Waals surface area contributed by atoms with Crippen LogP contribution >= 0.6 is 0 Å². The first-order valence-electron chi connectivity index (χ1n) is 5.35. The molecular weight excluding hydrogens is 206 g/mol. The molecular formula is C11H19N3O2. The molecule has 3 N–H and O–H groups in total. The molecule has 0 aromatic rings. The number of hydrogen-bond donors (Lipinski definition) is 2. The highest BCUT2D eigenvalue weighted by molar-refractivity contribution is 5.74. The largest absolute Gasteiger partial charge is 0.378 e. The molecule has 1 amide bonds. The highest BCUT2D eigenvalue weighted by Crippen LogP contribution is 2.19. The molecule has 0 radical (unpaired) electrons. The van der Waals surface area contributed by atoms with Crippen molar-refractivity contribution in [2.75, 3.05) is 13.7 Å². The summed E-state index contributed by atoms with van der Waals surface area (Å²) < 4.78 is 5.05. The van der Waals surface area contributed by atoms with Crippen LogP contribution < -0.4 is 11.1 Å². The Bertz CT molecular complexity index is 312. The second-order valence-corrected chi connectivity index (χ2v) is 4.12. The van der Waals surface area contributed by atoms with Crippen molar-refractivity contribution in [3.63, 3.8) is 0 Å². The van der Waals surface area contributed by atoms with Gasteiger partial charge in [0, 0.05) is 25.4 Å². The van der Waals surface area contributed by atoms with Gasteiger partial charge in [0.2, 0.25) is 5.91 Å². The van der Waals surface area contributed by atoms with Gasteiger partial charge in [-0.1, -0.05) is 0 Å². The second kappa shape index (κ2) is 5.65. The van der Waals surface area contributed by atoms with Gasteiger partial charge in [0.25, 0.3) is 0 Å². The van der Waals surface area contributed by atoms with Crippen molar-refractivity contribution in [2.45, 2.75) is 31.8 Å². The molecule has 0 aromatic carbocycles. The Morgan fingerprint density at radius 2 is 2.44 bits per heavy atom. The van der Waals surface area contributed by atoms with E-state index in [4.69, 9.17) is 10.5 Å². The molecule has 5 nitrogen and oxygen atoms in total. The lowest BCUT2D eigenvalue weighted by Crippen LogP contribution is -2.43. The van der Waals surface area contributed by atoms with E-state index < -0.39 is 0 Å². The number of nitrogens with one attached hydrogen (secondary N) is 1. The zero-order valence-electron chi connectivity index (χ0n) is 9.82. The number of carbonyl (C=O) groups excluding carboxylic acids is 1. The summed E-state index contributed by atoms with van der Waals surface area (Å²) >= 11 is 0. The molecule has 0 saturated carbocycles. The Kier molecular flexibility index (Phi) is 4.49. The first kappa shape index (κ1) is 12.7. The average molecular weight is 225 g/mol. The summed E-state index contributed by atoms with van der Waals surface area (Å²) in [7, 11) is 1.65. The summed E-state index contributed by atoms with van der Waals surface area (Å²) in [5, 5.41) is 3.29. The van der Waals surface area contributed by atoms with Crippen LogP contribution in [-0.4, -0.2) is 31.5 Å². The summed E-state index contributed by atoms with van der Waals surface area (Å²) in [6.07, 6.45) is 5.56. The smallest absolute Gasteiger partial charge is 0.217 e. The van der Waals surface area contributed by atoms with Crippen molar-refractivity contribution in [2.24, 2.45) is 10.7 Å². The number of ether oxygens (including phenoxy) is 1. The third-order valence-corrected chi connectivity index (χ3v) is 2.45. The molecule has 0 saturated heterocycles. The van der Waals surface area contributed by atoms with Crippen LogP contribution in [-0.2, 0) is 9.53 Å². The first-order chi connectivity index (χ1) is 7.56. The van der Waals surface area contributed by atoms with Gasteiger partial charge in [0.1, 0.15) is 5.66 Å². The first-order valence-corrected chi connectivity index (χ1v) is 5.35. The number of carbonyl (C=O) groups is 1. The fourth-order valence-corrected chi connectivity index (χ4v) is 1.69. The van der Waals surface area contributed by atoms with Gasteiger partial charge in [-0.05, 0) is 25.8 Å². The van der Waals surface area contributed by atoms with E-state index >= 15 is 0 Å². The van der Waals surface area contributed by atoms with E-state index in [2.05, 4.69) is 10.3 Å². The van der Waals surface area contributed by atoms with Crippen LogP contribution in [0.15, 0.2) is 16.8 Å². The van der Waals surface area contributed by atoms with Crippen LogP contribution in [0.1, 0.15) is 26.2 Å². The number of primary amides is 1. The molecule has 1 atom stereocenters. The second-order valence-electron chi connectivity index (χ2n) is 4.12. The molecule has 0 aromatic heterocycles. The molecule has 1 aliphatic heterocycles. The van der Waals surface area contributed by atoms with Gasteiger partial charge in [-0.2, -0.15) is 0 Å². The molecule has 0 bridgehead atoms. The zero-order valence-corrected chi connectivity index (χ0v) is 9.82. The molecule has 1 heterocycles. The van der Waals surface area contributed by atoms with E-state index in [9.17, 15) is 4.79 Å². The molecule has 0 fully saturated rings. The van der Waals surface area contributed by atoms with Crippen molar-refractivity contribution in [3.8, 4) is 0 Å². The molecule has 0 spiro atoms. The maximum Gasteiger partial charge on any atom is 0.217 e. The minimum absolute atomic E-state index is 0.268. The van der Waals surface area contributed by atoms with E-state index in [0.29, 0.717) is 13.0 Å². The van der Waals surface area contributed by atoms with Gasteiger partial charge < -0.3 is 15.8 Å². The molecule has 16 heavy (non-hydrogen) atoms. The van der Waals surface area contributed by atoms with Crippen LogP contribution in [0.4, 0.5) is 0 Å².